The van der Waals surface area contributed by atoms with E-state index in [0.717, 1.165) is 25.2 Å². The van der Waals surface area contributed by atoms with Crippen molar-refractivity contribution in [1.29, 1.82) is 0 Å². The van der Waals surface area contributed by atoms with Crippen molar-refractivity contribution in [3.63, 3.8) is 0 Å². The van der Waals surface area contributed by atoms with Gasteiger partial charge in [-0.15, -0.1) is 0 Å². The maximum absolute atomic E-state index is 12.4. The Morgan fingerprint density at radius 3 is 2.52 bits per heavy atom. The van der Waals surface area contributed by atoms with Crippen LogP contribution in [0.1, 0.15) is 39.5 Å². The van der Waals surface area contributed by atoms with E-state index in [1.54, 1.807) is 4.90 Å². The van der Waals surface area contributed by atoms with E-state index < -0.39 is 0 Å². The molecule has 1 unspecified atom stereocenters. The minimum atomic E-state index is -0.276. The number of anilines is 2. The van der Waals surface area contributed by atoms with Crippen molar-refractivity contribution in [3.05, 3.63) is 24.3 Å². The molecule has 0 spiro atoms. The van der Waals surface area contributed by atoms with Crippen molar-refractivity contribution >= 4 is 23.2 Å². The van der Waals surface area contributed by atoms with Crippen LogP contribution in [0.4, 0.5) is 11.4 Å². The SMILES string of the molecule is CC(C)OCCCNC(=O)C1CC(=O)N(c2ccc(N3CCCC3)cc2)C1. The molecule has 2 aliphatic rings. The molecule has 0 radical (unpaired) electrons. The highest BCUT2D eigenvalue weighted by Gasteiger charge is 2.35. The van der Waals surface area contributed by atoms with E-state index >= 15 is 0 Å². The third-order valence-corrected chi connectivity index (χ3v) is 5.20. The molecule has 0 saturated carbocycles. The minimum absolute atomic E-state index is 0.0206. The summed E-state index contributed by atoms with van der Waals surface area (Å²) < 4.78 is 5.47. The first-order valence-corrected chi connectivity index (χ1v) is 10.1. The van der Waals surface area contributed by atoms with E-state index in [1.165, 1.54) is 18.5 Å². The second-order valence-corrected chi connectivity index (χ2v) is 7.68. The summed E-state index contributed by atoms with van der Waals surface area (Å²) in [5, 5.41) is 2.93. The summed E-state index contributed by atoms with van der Waals surface area (Å²) in [5.74, 6) is -0.293. The lowest BCUT2D eigenvalue weighted by atomic mass is 10.1. The van der Waals surface area contributed by atoms with Gasteiger partial charge in [-0.2, -0.15) is 0 Å². The number of nitrogens with one attached hydrogen (secondary N) is 1. The predicted octanol–water partition coefficient (Wildman–Crippen LogP) is 2.57. The Balaban J connectivity index is 1.48. The Hall–Kier alpha value is -2.08. The van der Waals surface area contributed by atoms with E-state index in [1.807, 2.05) is 26.0 Å². The molecule has 2 fully saturated rings. The Kier molecular flexibility index (Phi) is 6.72. The third-order valence-electron chi connectivity index (χ3n) is 5.20. The lowest BCUT2D eigenvalue weighted by Crippen LogP contribution is -2.34. The zero-order valence-electron chi connectivity index (χ0n) is 16.4. The fraction of sp³-hybridized carbons (Fsp3) is 0.619. The van der Waals surface area contributed by atoms with Crippen LogP contribution < -0.4 is 15.1 Å². The van der Waals surface area contributed by atoms with Crippen molar-refractivity contribution in [2.24, 2.45) is 5.92 Å². The van der Waals surface area contributed by atoms with Crippen LogP contribution in [-0.4, -0.2) is 50.7 Å². The van der Waals surface area contributed by atoms with Gasteiger partial charge in [0, 0.05) is 50.6 Å². The zero-order chi connectivity index (χ0) is 19.2. The quantitative estimate of drug-likeness (QED) is 0.712. The van der Waals surface area contributed by atoms with Crippen molar-refractivity contribution in [2.75, 3.05) is 42.6 Å². The molecule has 27 heavy (non-hydrogen) atoms. The van der Waals surface area contributed by atoms with Crippen LogP contribution in [-0.2, 0) is 14.3 Å². The molecule has 6 heteroatoms. The van der Waals surface area contributed by atoms with Crippen LogP contribution in [0.15, 0.2) is 24.3 Å². The van der Waals surface area contributed by atoms with Crippen LogP contribution in [0, 0.1) is 5.92 Å². The number of rotatable bonds is 8. The van der Waals surface area contributed by atoms with Crippen LogP contribution in [0.2, 0.25) is 0 Å². The van der Waals surface area contributed by atoms with Crippen LogP contribution >= 0.6 is 0 Å². The summed E-state index contributed by atoms with van der Waals surface area (Å²) in [4.78, 5) is 28.9. The number of hydrogen-bond acceptors (Lipinski definition) is 4. The fourth-order valence-electron chi connectivity index (χ4n) is 3.70. The molecule has 1 atom stereocenters. The maximum Gasteiger partial charge on any atom is 0.227 e. The van der Waals surface area contributed by atoms with E-state index in [9.17, 15) is 9.59 Å². The predicted molar refractivity (Wildman–Crippen MR) is 107 cm³/mol. The normalized spacial score (nSPS) is 20.0. The number of carbonyl (C=O) groups excluding carboxylic acids is 2. The summed E-state index contributed by atoms with van der Waals surface area (Å²) in [6.07, 6.45) is 3.76. The standard InChI is InChI=1S/C21H31N3O3/c1-16(2)27-13-5-10-22-21(26)17-14-20(25)24(15-17)19-8-6-18(7-9-19)23-11-3-4-12-23/h6-9,16-17H,3-5,10-15H2,1-2H3,(H,22,26). The average Bonchev–Trinajstić information content (AvgIpc) is 3.31. The van der Waals surface area contributed by atoms with Gasteiger partial charge in [-0.1, -0.05) is 0 Å². The number of carbonyl (C=O) groups is 2. The largest absolute Gasteiger partial charge is 0.379 e. The summed E-state index contributed by atoms with van der Waals surface area (Å²) in [6, 6.07) is 8.15. The molecule has 2 aliphatic heterocycles. The molecule has 0 bridgehead atoms. The van der Waals surface area contributed by atoms with Crippen molar-refractivity contribution in [2.45, 2.75) is 45.6 Å². The van der Waals surface area contributed by atoms with E-state index in [2.05, 4.69) is 22.3 Å². The highest BCUT2D eigenvalue weighted by molar-refractivity contribution is 6.00. The molecule has 1 aromatic carbocycles. The minimum Gasteiger partial charge on any atom is -0.379 e. The molecule has 2 amide bonds. The number of amides is 2. The molecular weight excluding hydrogens is 342 g/mol. The van der Waals surface area contributed by atoms with Gasteiger partial charge in [0.25, 0.3) is 0 Å². The van der Waals surface area contributed by atoms with Crippen LogP contribution in [0.3, 0.4) is 0 Å². The topological polar surface area (TPSA) is 61.9 Å². The second kappa shape index (κ2) is 9.22. The van der Waals surface area contributed by atoms with E-state index in [4.69, 9.17) is 4.74 Å². The molecule has 148 valence electrons. The second-order valence-electron chi connectivity index (χ2n) is 7.68. The average molecular weight is 373 g/mol. The van der Waals surface area contributed by atoms with Gasteiger partial charge in [0.2, 0.25) is 11.8 Å². The first kappa shape index (κ1) is 19.7. The zero-order valence-corrected chi connectivity index (χ0v) is 16.4. The Labute approximate surface area is 161 Å². The van der Waals surface area contributed by atoms with Gasteiger partial charge in [-0.3, -0.25) is 9.59 Å². The Bertz CT molecular complexity index is 639. The maximum atomic E-state index is 12.4. The molecule has 0 aromatic heterocycles. The number of benzene rings is 1. The fourth-order valence-corrected chi connectivity index (χ4v) is 3.70. The van der Waals surface area contributed by atoms with Gasteiger partial charge in [-0.05, 0) is 57.4 Å². The van der Waals surface area contributed by atoms with E-state index in [-0.39, 0.29) is 30.3 Å². The van der Waals surface area contributed by atoms with Gasteiger partial charge >= 0.3 is 0 Å². The number of nitrogens with zero attached hydrogens (tertiary/aromatic N) is 2. The third kappa shape index (κ3) is 5.22. The van der Waals surface area contributed by atoms with Crippen molar-refractivity contribution in [3.8, 4) is 0 Å². The summed E-state index contributed by atoms with van der Waals surface area (Å²) in [6.45, 7) is 7.87. The first-order valence-electron chi connectivity index (χ1n) is 10.1. The highest BCUT2D eigenvalue weighted by Crippen LogP contribution is 2.28. The van der Waals surface area contributed by atoms with Crippen LogP contribution in [0.5, 0.6) is 0 Å². The Morgan fingerprint density at radius 2 is 1.85 bits per heavy atom. The molecule has 3 rings (SSSR count). The Morgan fingerprint density at radius 1 is 1.19 bits per heavy atom. The molecular formula is C21H31N3O3. The molecule has 0 aliphatic carbocycles. The summed E-state index contributed by atoms with van der Waals surface area (Å²) in [7, 11) is 0. The number of hydrogen-bond donors (Lipinski definition) is 1. The summed E-state index contributed by atoms with van der Waals surface area (Å²) in [5.41, 5.74) is 2.09. The molecule has 2 saturated heterocycles. The van der Waals surface area contributed by atoms with Crippen molar-refractivity contribution in [1.82, 2.24) is 5.32 Å². The smallest absolute Gasteiger partial charge is 0.227 e. The molecule has 2 heterocycles. The van der Waals surface area contributed by atoms with Gasteiger partial charge in [0.05, 0.1) is 12.0 Å². The molecule has 6 nitrogen and oxygen atoms in total. The van der Waals surface area contributed by atoms with Crippen LogP contribution in [0.25, 0.3) is 0 Å². The number of ether oxygens (including phenoxy) is 1. The lowest BCUT2D eigenvalue weighted by molar-refractivity contribution is -0.126. The molecule has 1 aromatic rings. The molecule has 1 N–H and O–H groups in total. The van der Waals surface area contributed by atoms with Gasteiger partial charge in [0.1, 0.15) is 0 Å². The highest BCUT2D eigenvalue weighted by atomic mass is 16.5. The lowest BCUT2D eigenvalue weighted by Gasteiger charge is -2.20. The summed E-state index contributed by atoms with van der Waals surface area (Å²) >= 11 is 0. The monoisotopic (exact) mass is 373 g/mol. The first-order chi connectivity index (χ1) is 13.0. The van der Waals surface area contributed by atoms with E-state index in [0.29, 0.717) is 19.7 Å². The van der Waals surface area contributed by atoms with Gasteiger partial charge in [0.15, 0.2) is 0 Å². The van der Waals surface area contributed by atoms with Crippen molar-refractivity contribution < 1.29 is 14.3 Å². The van der Waals surface area contributed by atoms with Gasteiger partial charge < -0.3 is 19.9 Å². The van der Waals surface area contributed by atoms with Gasteiger partial charge in [-0.25, -0.2) is 0 Å².